The molecule has 7 heteroatoms. The zero-order chi connectivity index (χ0) is 18.1. The summed E-state index contributed by atoms with van der Waals surface area (Å²) in [4.78, 5) is 26.3. The van der Waals surface area contributed by atoms with Crippen LogP contribution in [0.1, 0.15) is 12.5 Å². The van der Waals surface area contributed by atoms with Crippen molar-refractivity contribution < 1.29 is 22.8 Å². The third-order valence-electron chi connectivity index (χ3n) is 3.61. The minimum Gasteiger partial charge on any atom is -0.268 e. The lowest BCUT2D eigenvalue weighted by molar-refractivity contribution is -0.119. The highest BCUT2D eigenvalue weighted by Gasteiger charge is 2.41. The predicted molar refractivity (Wildman–Crippen MR) is 90.3 cm³/mol. The smallest absolute Gasteiger partial charge is 0.268 e. The Balaban J connectivity index is 2.11. The van der Waals surface area contributed by atoms with Crippen LogP contribution in [-0.2, 0) is 9.59 Å². The maximum absolute atomic E-state index is 14.1. The Hall–Kier alpha value is -2.54. The van der Waals surface area contributed by atoms with Crippen molar-refractivity contribution in [1.29, 1.82) is 0 Å². The van der Waals surface area contributed by atoms with E-state index in [4.69, 9.17) is 0 Å². The lowest BCUT2D eigenvalue weighted by atomic mass is 10.1. The molecule has 3 nitrogen and oxygen atoms in total. The number of nitrogens with zero attached hydrogens (tertiary/aromatic N) is 1. The summed E-state index contributed by atoms with van der Waals surface area (Å²) in [5, 5.41) is 0. The number of halogens is 3. The van der Waals surface area contributed by atoms with Gasteiger partial charge in [0.25, 0.3) is 11.8 Å². The van der Waals surface area contributed by atoms with Gasteiger partial charge >= 0.3 is 0 Å². The number of rotatable bonds is 4. The number of anilines is 1. The van der Waals surface area contributed by atoms with E-state index in [2.05, 4.69) is 0 Å². The standard InChI is InChI=1S/C18H12F3NO2S/c1-2-25-16-15(10-3-5-11(19)6-4-10)17(23)22(18(16)24)14-8-7-12(20)9-13(14)21/h3-9H,2H2,1H3. The van der Waals surface area contributed by atoms with Gasteiger partial charge < -0.3 is 0 Å². The van der Waals surface area contributed by atoms with E-state index in [-0.39, 0.29) is 16.2 Å². The van der Waals surface area contributed by atoms with Gasteiger partial charge in [0.2, 0.25) is 0 Å². The maximum Gasteiger partial charge on any atom is 0.272 e. The van der Waals surface area contributed by atoms with Crippen molar-refractivity contribution in [2.75, 3.05) is 10.7 Å². The molecule has 0 unspecified atom stereocenters. The van der Waals surface area contributed by atoms with Crippen LogP contribution >= 0.6 is 11.8 Å². The molecular formula is C18H12F3NO2S. The van der Waals surface area contributed by atoms with Gasteiger partial charge in [0.15, 0.2) is 0 Å². The molecule has 0 fully saturated rings. The molecule has 1 heterocycles. The van der Waals surface area contributed by atoms with Crippen LogP contribution in [0.3, 0.4) is 0 Å². The van der Waals surface area contributed by atoms with Gasteiger partial charge in [-0.25, -0.2) is 18.1 Å². The summed E-state index contributed by atoms with van der Waals surface area (Å²) in [6.07, 6.45) is 0. The Labute approximate surface area is 146 Å². The largest absolute Gasteiger partial charge is 0.272 e. The molecular weight excluding hydrogens is 351 g/mol. The molecule has 1 aliphatic heterocycles. The predicted octanol–water partition coefficient (Wildman–Crippen LogP) is 4.14. The average Bonchev–Trinajstić information content (AvgIpc) is 2.80. The van der Waals surface area contributed by atoms with Crippen LogP contribution in [0.25, 0.3) is 5.57 Å². The van der Waals surface area contributed by atoms with Crippen LogP contribution < -0.4 is 4.90 Å². The summed E-state index contributed by atoms with van der Waals surface area (Å²) in [6, 6.07) is 7.75. The molecule has 0 spiro atoms. The quantitative estimate of drug-likeness (QED) is 0.766. The van der Waals surface area contributed by atoms with Crippen molar-refractivity contribution >= 4 is 34.8 Å². The van der Waals surface area contributed by atoms with E-state index in [1.165, 1.54) is 24.3 Å². The first-order chi connectivity index (χ1) is 11.9. The molecule has 2 aromatic carbocycles. The number of amides is 2. The van der Waals surface area contributed by atoms with Crippen molar-refractivity contribution in [2.24, 2.45) is 0 Å². The van der Waals surface area contributed by atoms with Gasteiger partial charge in [-0.05, 0) is 35.6 Å². The van der Waals surface area contributed by atoms with Gasteiger partial charge in [0.1, 0.15) is 17.5 Å². The maximum atomic E-state index is 14.1. The molecule has 0 saturated carbocycles. The van der Waals surface area contributed by atoms with Crippen molar-refractivity contribution in [2.45, 2.75) is 6.92 Å². The van der Waals surface area contributed by atoms with Crippen LogP contribution in [0.15, 0.2) is 47.4 Å². The summed E-state index contributed by atoms with van der Waals surface area (Å²) < 4.78 is 40.4. The highest BCUT2D eigenvalue weighted by Crippen LogP contribution is 2.39. The van der Waals surface area contributed by atoms with E-state index in [1.54, 1.807) is 6.92 Å². The fourth-order valence-electron chi connectivity index (χ4n) is 2.54. The average molecular weight is 363 g/mol. The second-order valence-electron chi connectivity index (χ2n) is 5.19. The SMILES string of the molecule is CCSC1=C(c2ccc(F)cc2)C(=O)N(c2ccc(F)cc2F)C1=O. The topological polar surface area (TPSA) is 37.4 Å². The van der Waals surface area contributed by atoms with Gasteiger partial charge in [-0.15, -0.1) is 11.8 Å². The lowest BCUT2D eigenvalue weighted by Gasteiger charge is -2.16. The van der Waals surface area contributed by atoms with E-state index >= 15 is 0 Å². The zero-order valence-electron chi connectivity index (χ0n) is 13.1. The van der Waals surface area contributed by atoms with Gasteiger partial charge in [-0.1, -0.05) is 19.1 Å². The molecule has 0 N–H and O–H groups in total. The van der Waals surface area contributed by atoms with Crippen LogP contribution in [0.5, 0.6) is 0 Å². The van der Waals surface area contributed by atoms with E-state index in [1.807, 2.05) is 0 Å². The van der Waals surface area contributed by atoms with Crippen molar-refractivity contribution in [3.63, 3.8) is 0 Å². The molecule has 1 aliphatic rings. The molecule has 0 aliphatic carbocycles. The molecule has 128 valence electrons. The van der Waals surface area contributed by atoms with Crippen molar-refractivity contribution in [3.8, 4) is 0 Å². The molecule has 0 saturated heterocycles. The summed E-state index contributed by atoms with van der Waals surface area (Å²) in [5.74, 6) is -3.19. The third kappa shape index (κ3) is 3.07. The summed E-state index contributed by atoms with van der Waals surface area (Å²) in [6.45, 7) is 1.80. The van der Waals surface area contributed by atoms with Gasteiger partial charge in [0.05, 0.1) is 16.2 Å². The highest BCUT2D eigenvalue weighted by molar-refractivity contribution is 8.04. The number of carbonyl (C=O) groups is 2. The highest BCUT2D eigenvalue weighted by atomic mass is 32.2. The van der Waals surface area contributed by atoms with E-state index in [0.29, 0.717) is 22.3 Å². The molecule has 2 aromatic rings. The second-order valence-corrected chi connectivity index (χ2v) is 6.46. The molecule has 2 amide bonds. The zero-order valence-corrected chi connectivity index (χ0v) is 13.9. The van der Waals surface area contributed by atoms with Gasteiger partial charge in [-0.3, -0.25) is 9.59 Å². The van der Waals surface area contributed by atoms with E-state index in [9.17, 15) is 22.8 Å². The third-order valence-corrected chi connectivity index (χ3v) is 4.57. The number of imide groups is 1. The Morgan fingerprint density at radius 3 is 2.16 bits per heavy atom. The molecule has 0 aromatic heterocycles. The lowest BCUT2D eigenvalue weighted by Crippen LogP contribution is -2.32. The normalized spacial score (nSPS) is 14.6. The Bertz CT molecular complexity index is 894. The molecule has 0 radical (unpaired) electrons. The van der Waals surface area contributed by atoms with Crippen LogP contribution in [0.4, 0.5) is 18.9 Å². The first-order valence-electron chi connectivity index (χ1n) is 7.41. The van der Waals surface area contributed by atoms with E-state index in [0.717, 1.165) is 23.9 Å². The number of hydrogen-bond donors (Lipinski definition) is 0. The first kappa shape index (κ1) is 17.3. The fraction of sp³-hybridized carbons (Fsp3) is 0.111. The summed E-state index contributed by atoms with van der Waals surface area (Å²) in [7, 11) is 0. The molecule has 0 bridgehead atoms. The van der Waals surface area contributed by atoms with Crippen molar-refractivity contribution in [1.82, 2.24) is 0 Å². The fourth-order valence-corrected chi connectivity index (χ4v) is 3.39. The first-order valence-corrected chi connectivity index (χ1v) is 8.39. The number of benzene rings is 2. The molecule has 0 atom stereocenters. The van der Waals surface area contributed by atoms with Crippen LogP contribution in [0.2, 0.25) is 0 Å². The van der Waals surface area contributed by atoms with Crippen molar-refractivity contribution in [3.05, 3.63) is 70.4 Å². The van der Waals surface area contributed by atoms with Gasteiger partial charge in [0, 0.05) is 6.07 Å². The molecule has 3 rings (SSSR count). The second kappa shape index (κ2) is 6.76. The Kier molecular flexibility index (Phi) is 4.67. The summed E-state index contributed by atoms with van der Waals surface area (Å²) >= 11 is 1.14. The van der Waals surface area contributed by atoms with E-state index < -0.39 is 29.3 Å². The number of thioether (sulfide) groups is 1. The Morgan fingerprint density at radius 1 is 0.920 bits per heavy atom. The number of carbonyl (C=O) groups excluding carboxylic acids is 2. The Morgan fingerprint density at radius 2 is 1.56 bits per heavy atom. The minimum absolute atomic E-state index is 0.0839. The molecule has 25 heavy (non-hydrogen) atoms. The van der Waals surface area contributed by atoms with Gasteiger partial charge in [-0.2, -0.15) is 0 Å². The summed E-state index contributed by atoms with van der Waals surface area (Å²) in [5.41, 5.74) is 0.129. The minimum atomic E-state index is -1.01. The van der Waals surface area contributed by atoms with Crippen LogP contribution in [0, 0.1) is 17.5 Å². The number of hydrogen-bond acceptors (Lipinski definition) is 3. The monoisotopic (exact) mass is 363 g/mol. The van der Waals surface area contributed by atoms with Crippen LogP contribution in [-0.4, -0.2) is 17.6 Å².